The summed E-state index contributed by atoms with van der Waals surface area (Å²) in [4.78, 5) is 52.0. The van der Waals surface area contributed by atoms with Crippen LogP contribution in [0.25, 0.3) is 0 Å². The van der Waals surface area contributed by atoms with Crippen LogP contribution in [0, 0.1) is 17.8 Å². The summed E-state index contributed by atoms with van der Waals surface area (Å²) >= 11 is 0. The van der Waals surface area contributed by atoms with E-state index in [-0.39, 0.29) is 64.9 Å². The molecule has 4 unspecified atom stereocenters. The predicted octanol–water partition coefficient (Wildman–Crippen LogP) is 3.25. The van der Waals surface area contributed by atoms with E-state index < -0.39 is 42.4 Å². The molecule has 0 saturated carbocycles. The average Bonchev–Trinajstić information content (AvgIpc) is 3.52. The second-order valence-electron chi connectivity index (χ2n) is 11.2. The number of hydrogen-bond acceptors (Lipinski definition) is 11. The van der Waals surface area contributed by atoms with Gasteiger partial charge in [0.1, 0.15) is 23.5 Å². The van der Waals surface area contributed by atoms with Crippen molar-refractivity contribution < 1.29 is 33.8 Å². The number of aliphatic hydroxyl groups excluding tert-OH is 1. The van der Waals surface area contributed by atoms with Gasteiger partial charge < -0.3 is 14.6 Å². The number of aromatic nitrogens is 6. The van der Waals surface area contributed by atoms with Crippen molar-refractivity contribution in [3.05, 3.63) is 22.8 Å². The maximum atomic E-state index is 13.3. The standard InChI is InChI=1S/C27H40N6O7/c1-10-17(34)21-19(23(36)12(2)3)28-31-33(21)26-18(35)11-16(27(40-26)39-15(8)9)32-22(25(38)14(6)7)20(29-30-32)24(37)13(4)5/h12-16,18,26-27,35H,10-11H2,1-9H3. The minimum atomic E-state index is -1.28. The molecule has 0 amide bonds. The van der Waals surface area contributed by atoms with Gasteiger partial charge in [-0.3, -0.25) is 19.2 Å². The summed E-state index contributed by atoms with van der Waals surface area (Å²) < 4.78 is 14.7. The Bertz CT molecular complexity index is 1260. The number of nitrogens with zero attached hydrogens (tertiary/aromatic N) is 6. The van der Waals surface area contributed by atoms with Crippen LogP contribution in [0.2, 0.25) is 0 Å². The molecule has 3 rings (SSSR count). The lowest BCUT2D eigenvalue weighted by Crippen LogP contribution is -2.46. The minimum Gasteiger partial charge on any atom is -0.388 e. The molecule has 1 aliphatic heterocycles. The molecule has 0 radical (unpaired) electrons. The Morgan fingerprint density at radius 3 is 1.82 bits per heavy atom. The monoisotopic (exact) mass is 560 g/mol. The summed E-state index contributed by atoms with van der Waals surface area (Å²) in [5, 5.41) is 27.5. The van der Waals surface area contributed by atoms with Gasteiger partial charge in [-0.05, 0) is 13.8 Å². The Kier molecular flexibility index (Phi) is 9.85. The van der Waals surface area contributed by atoms with Gasteiger partial charge in [-0.1, -0.05) is 58.9 Å². The lowest BCUT2D eigenvalue weighted by Gasteiger charge is -2.40. The number of carbonyl (C=O) groups is 4. The molecule has 40 heavy (non-hydrogen) atoms. The van der Waals surface area contributed by atoms with Gasteiger partial charge in [-0.25, -0.2) is 9.36 Å². The van der Waals surface area contributed by atoms with Crippen LogP contribution in [0.1, 0.15) is 129 Å². The molecule has 2 aromatic heterocycles. The van der Waals surface area contributed by atoms with Crippen LogP contribution in [-0.4, -0.2) is 76.7 Å². The summed E-state index contributed by atoms with van der Waals surface area (Å²) in [5.74, 6) is -2.73. The number of Topliss-reactive ketones (excluding diaryl/α,β-unsaturated/α-hetero) is 4. The average molecular weight is 561 g/mol. The van der Waals surface area contributed by atoms with E-state index in [0.29, 0.717) is 0 Å². The third-order valence-electron chi connectivity index (χ3n) is 6.61. The quantitative estimate of drug-likeness (QED) is 0.378. The number of ether oxygens (including phenoxy) is 2. The largest absolute Gasteiger partial charge is 0.388 e. The Labute approximate surface area is 233 Å². The first-order chi connectivity index (χ1) is 18.7. The number of carbonyl (C=O) groups excluding carboxylic acids is 4. The highest BCUT2D eigenvalue weighted by Crippen LogP contribution is 2.37. The fraction of sp³-hybridized carbons (Fsp3) is 0.704. The SMILES string of the molecule is CCC(=O)c1c(C(=O)C(C)C)nnn1C1OC(OC(C)C)C(n2nnc(C(=O)C(C)C)c2C(=O)C(C)C)CC1O. The van der Waals surface area contributed by atoms with E-state index in [1.54, 1.807) is 62.3 Å². The first-order valence-corrected chi connectivity index (χ1v) is 13.8. The van der Waals surface area contributed by atoms with E-state index in [2.05, 4.69) is 20.6 Å². The number of ketones is 4. The third-order valence-corrected chi connectivity index (χ3v) is 6.61. The summed E-state index contributed by atoms with van der Waals surface area (Å²) in [6, 6.07) is -0.849. The maximum absolute atomic E-state index is 13.3. The molecule has 0 aromatic carbocycles. The first kappa shape index (κ1) is 31.4. The summed E-state index contributed by atoms with van der Waals surface area (Å²) in [5.41, 5.74) is -0.150. The van der Waals surface area contributed by atoms with Gasteiger partial charge in [0.05, 0.1) is 6.10 Å². The summed E-state index contributed by atoms with van der Waals surface area (Å²) in [6.45, 7) is 15.4. The molecule has 1 N–H and O–H groups in total. The normalized spacial score (nSPS) is 21.6. The van der Waals surface area contributed by atoms with Gasteiger partial charge in [0.2, 0.25) is 0 Å². The van der Waals surface area contributed by atoms with Gasteiger partial charge in [0.15, 0.2) is 47.0 Å². The van der Waals surface area contributed by atoms with Gasteiger partial charge >= 0.3 is 0 Å². The van der Waals surface area contributed by atoms with Crippen LogP contribution < -0.4 is 0 Å². The molecule has 0 spiro atoms. The van der Waals surface area contributed by atoms with Crippen LogP contribution in [0.5, 0.6) is 0 Å². The summed E-state index contributed by atoms with van der Waals surface area (Å²) in [7, 11) is 0. The van der Waals surface area contributed by atoms with Crippen LogP contribution in [0.4, 0.5) is 0 Å². The highest BCUT2D eigenvalue weighted by Gasteiger charge is 2.45. The topological polar surface area (TPSA) is 168 Å². The molecular weight excluding hydrogens is 520 g/mol. The van der Waals surface area contributed by atoms with Crippen LogP contribution in [0.3, 0.4) is 0 Å². The predicted molar refractivity (Wildman–Crippen MR) is 142 cm³/mol. The van der Waals surface area contributed by atoms with E-state index >= 15 is 0 Å². The van der Waals surface area contributed by atoms with Crippen LogP contribution >= 0.6 is 0 Å². The Hall–Kier alpha value is -3.16. The van der Waals surface area contributed by atoms with Crippen molar-refractivity contribution >= 4 is 23.1 Å². The van der Waals surface area contributed by atoms with Gasteiger partial charge in [-0.15, -0.1) is 10.2 Å². The first-order valence-electron chi connectivity index (χ1n) is 13.8. The third kappa shape index (κ3) is 6.11. The highest BCUT2D eigenvalue weighted by atomic mass is 16.7. The molecule has 13 heteroatoms. The van der Waals surface area contributed by atoms with E-state index in [1.807, 2.05) is 0 Å². The van der Waals surface area contributed by atoms with Crippen LogP contribution in [0.15, 0.2) is 0 Å². The molecule has 4 atom stereocenters. The second kappa shape index (κ2) is 12.6. The molecule has 0 aliphatic carbocycles. The fourth-order valence-electron chi connectivity index (χ4n) is 4.43. The van der Waals surface area contributed by atoms with Crippen molar-refractivity contribution in [2.75, 3.05) is 0 Å². The lowest BCUT2D eigenvalue weighted by molar-refractivity contribution is -0.279. The molecule has 0 bridgehead atoms. The molecule has 1 fully saturated rings. The smallest absolute Gasteiger partial charge is 0.188 e. The molecule has 3 heterocycles. The van der Waals surface area contributed by atoms with Crippen molar-refractivity contribution in [1.29, 1.82) is 0 Å². The van der Waals surface area contributed by atoms with Crippen molar-refractivity contribution in [3.8, 4) is 0 Å². The van der Waals surface area contributed by atoms with Gasteiger partial charge in [0, 0.05) is 30.6 Å². The Morgan fingerprint density at radius 1 is 0.850 bits per heavy atom. The summed E-state index contributed by atoms with van der Waals surface area (Å²) in [6.07, 6.45) is -3.91. The maximum Gasteiger partial charge on any atom is 0.188 e. The highest BCUT2D eigenvalue weighted by molar-refractivity contribution is 6.08. The van der Waals surface area contributed by atoms with Crippen LogP contribution in [-0.2, 0) is 9.47 Å². The zero-order valence-corrected chi connectivity index (χ0v) is 24.6. The Morgan fingerprint density at radius 2 is 1.35 bits per heavy atom. The zero-order chi connectivity index (χ0) is 30.0. The van der Waals surface area contributed by atoms with E-state index in [4.69, 9.17) is 9.47 Å². The van der Waals surface area contributed by atoms with E-state index in [0.717, 1.165) is 4.68 Å². The van der Waals surface area contributed by atoms with Crippen molar-refractivity contribution in [1.82, 2.24) is 30.0 Å². The molecule has 13 nitrogen and oxygen atoms in total. The number of aliphatic hydroxyl groups is 1. The van der Waals surface area contributed by atoms with Crippen molar-refractivity contribution in [2.45, 2.75) is 106 Å². The van der Waals surface area contributed by atoms with Gasteiger partial charge in [0.25, 0.3) is 0 Å². The zero-order valence-electron chi connectivity index (χ0n) is 24.6. The molecule has 1 aliphatic rings. The lowest BCUT2D eigenvalue weighted by atomic mass is 9.97. The van der Waals surface area contributed by atoms with Crippen molar-refractivity contribution in [3.63, 3.8) is 0 Å². The molecule has 220 valence electrons. The van der Waals surface area contributed by atoms with Crippen molar-refractivity contribution in [2.24, 2.45) is 17.8 Å². The second-order valence-corrected chi connectivity index (χ2v) is 11.2. The van der Waals surface area contributed by atoms with E-state index in [9.17, 15) is 24.3 Å². The molecular formula is C27H40N6O7. The molecule has 1 saturated heterocycles. The minimum absolute atomic E-state index is 0.0257. The number of hydrogen-bond donors (Lipinski definition) is 1. The Balaban J connectivity index is 2.11. The number of rotatable bonds is 12. The van der Waals surface area contributed by atoms with E-state index in [1.165, 1.54) is 4.68 Å². The fourth-order valence-corrected chi connectivity index (χ4v) is 4.43. The van der Waals surface area contributed by atoms with Gasteiger partial charge in [-0.2, -0.15) is 0 Å². The molecule has 2 aromatic rings.